The number of aromatic nitrogens is 3. The number of carbonyl (C=O) groups is 1. The largest absolute Gasteiger partial charge is 0.446 e. The first-order valence-electron chi connectivity index (χ1n) is 12.6. The van der Waals surface area contributed by atoms with Gasteiger partial charge in [-0.1, -0.05) is 24.3 Å². The monoisotopic (exact) mass is 477 g/mol. The van der Waals surface area contributed by atoms with Gasteiger partial charge in [0, 0.05) is 35.1 Å². The first-order valence-corrected chi connectivity index (χ1v) is 12.6. The zero-order chi connectivity index (χ0) is 24.6. The lowest BCUT2D eigenvalue weighted by Crippen LogP contribution is -2.21. The highest BCUT2D eigenvalue weighted by Gasteiger charge is 2.31. The Labute approximate surface area is 209 Å². The zero-order valence-corrected chi connectivity index (χ0v) is 20.1. The molecule has 0 spiro atoms. The fraction of sp³-hybridized carbons (Fsp3) is 0.310. The fourth-order valence-electron chi connectivity index (χ4n) is 5.01. The minimum Gasteiger partial charge on any atom is -0.446 e. The molecule has 2 aromatic carbocycles. The summed E-state index contributed by atoms with van der Waals surface area (Å²) in [4.78, 5) is 21.1. The number of hydrogen-bond donors (Lipinski definition) is 1. The second-order valence-electron chi connectivity index (χ2n) is 9.74. The predicted octanol–water partition coefficient (Wildman–Crippen LogP) is 6.71. The first kappa shape index (κ1) is 22.3. The maximum Gasteiger partial charge on any atom is 0.411 e. The molecule has 0 radical (unpaired) electrons. The van der Waals surface area contributed by atoms with Gasteiger partial charge >= 0.3 is 6.09 Å². The second kappa shape index (κ2) is 9.12. The standard InChI is InChI=1S/C29H27N5O2/c1-18(19-6-7-19)36-29(35)33-22-11-8-20(9-12-22)27-25(17-30)24-13-10-21(28-31-14-3-15-32-28)16-26(24)34(27)23-4-2-5-23/h3,8-16,18-19,23H,2,4-7H2,1H3,(H,33,35)/t18-/m1/s1. The number of benzene rings is 2. The summed E-state index contributed by atoms with van der Waals surface area (Å²) < 4.78 is 7.80. The summed E-state index contributed by atoms with van der Waals surface area (Å²) in [5, 5.41) is 14.0. The van der Waals surface area contributed by atoms with Crippen molar-refractivity contribution < 1.29 is 9.53 Å². The van der Waals surface area contributed by atoms with Crippen LogP contribution in [0.15, 0.2) is 60.9 Å². The Hall–Kier alpha value is -4.18. The molecule has 1 atom stereocenters. The molecule has 0 unspecified atom stereocenters. The average Bonchev–Trinajstić information content (AvgIpc) is 3.67. The van der Waals surface area contributed by atoms with Crippen molar-refractivity contribution in [2.45, 2.75) is 51.2 Å². The predicted molar refractivity (Wildman–Crippen MR) is 138 cm³/mol. The van der Waals surface area contributed by atoms with Crippen LogP contribution in [0.2, 0.25) is 0 Å². The van der Waals surface area contributed by atoms with Gasteiger partial charge in [0.1, 0.15) is 12.2 Å². The van der Waals surface area contributed by atoms with E-state index in [1.807, 2.05) is 43.3 Å². The molecule has 1 N–H and O–H groups in total. The van der Waals surface area contributed by atoms with Gasteiger partial charge in [-0.05, 0) is 74.8 Å². The molecule has 0 aliphatic heterocycles. The van der Waals surface area contributed by atoms with Crippen molar-refractivity contribution in [2.24, 2.45) is 5.92 Å². The van der Waals surface area contributed by atoms with Crippen molar-refractivity contribution in [2.75, 3.05) is 5.32 Å². The third kappa shape index (κ3) is 4.09. The highest BCUT2D eigenvalue weighted by atomic mass is 16.6. The molecule has 7 nitrogen and oxygen atoms in total. The van der Waals surface area contributed by atoms with Crippen LogP contribution in [0, 0.1) is 17.2 Å². The highest BCUT2D eigenvalue weighted by molar-refractivity contribution is 5.97. The summed E-state index contributed by atoms with van der Waals surface area (Å²) in [6.07, 6.45) is 8.57. The van der Waals surface area contributed by atoms with Crippen molar-refractivity contribution in [1.29, 1.82) is 5.26 Å². The van der Waals surface area contributed by atoms with Gasteiger partial charge in [-0.3, -0.25) is 5.32 Å². The molecule has 0 bridgehead atoms. The van der Waals surface area contributed by atoms with Crippen LogP contribution in [0.5, 0.6) is 0 Å². The van der Waals surface area contributed by atoms with E-state index in [0.717, 1.165) is 53.4 Å². The number of carbonyl (C=O) groups excluding carboxylic acids is 1. The van der Waals surface area contributed by atoms with E-state index in [1.54, 1.807) is 18.5 Å². The van der Waals surface area contributed by atoms with E-state index in [9.17, 15) is 10.1 Å². The number of hydrogen-bond acceptors (Lipinski definition) is 5. The summed E-state index contributed by atoms with van der Waals surface area (Å²) >= 11 is 0. The SMILES string of the molecule is C[C@@H](OC(=O)Nc1ccc(-c2c(C#N)c3ccc(-c4ncccn4)cc3n2C2CCC2)cc1)C1CC1. The molecule has 4 aromatic rings. The summed E-state index contributed by atoms with van der Waals surface area (Å²) in [6, 6.07) is 18.4. The Morgan fingerprint density at radius 2 is 1.81 bits per heavy atom. The van der Waals surface area contributed by atoms with Gasteiger partial charge in [0.05, 0.1) is 16.8 Å². The topological polar surface area (TPSA) is 92.8 Å². The number of nitriles is 1. The van der Waals surface area contributed by atoms with Crippen LogP contribution in [0.1, 0.15) is 50.6 Å². The van der Waals surface area contributed by atoms with Gasteiger partial charge in [-0.2, -0.15) is 5.26 Å². The Morgan fingerprint density at radius 1 is 1.08 bits per heavy atom. The molecule has 2 fully saturated rings. The number of fused-ring (bicyclic) bond motifs is 1. The van der Waals surface area contributed by atoms with E-state index >= 15 is 0 Å². The van der Waals surface area contributed by atoms with Crippen LogP contribution in [-0.4, -0.2) is 26.7 Å². The smallest absolute Gasteiger partial charge is 0.411 e. The maximum absolute atomic E-state index is 12.3. The number of rotatable bonds is 6. The lowest BCUT2D eigenvalue weighted by Gasteiger charge is -2.30. The van der Waals surface area contributed by atoms with Gasteiger partial charge in [0.25, 0.3) is 0 Å². The van der Waals surface area contributed by atoms with Gasteiger partial charge in [0.2, 0.25) is 0 Å². The first-order chi connectivity index (χ1) is 17.6. The van der Waals surface area contributed by atoms with Gasteiger partial charge in [-0.25, -0.2) is 14.8 Å². The third-order valence-electron chi connectivity index (χ3n) is 7.36. The number of ether oxygens (including phenoxy) is 1. The molecular weight excluding hydrogens is 450 g/mol. The molecule has 2 heterocycles. The van der Waals surface area contributed by atoms with Crippen LogP contribution in [0.25, 0.3) is 33.5 Å². The second-order valence-corrected chi connectivity index (χ2v) is 9.74. The zero-order valence-electron chi connectivity index (χ0n) is 20.1. The van der Waals surface area contributed by atoms with E-state index in [2.05, 4.69) is 32.0 Å². The molecule has 2 aromatic heterocycles. The third-order valence-corrected chi connectivity index (χ3v) is 7.36. The molecule has 2 aliphatic carbocycles. The van der Waals surface area contributed by atoms with Crippen molar-refractivity contribution >= 4 is 22.7 Å². The summed E-state index contributed by atoms with van der Waals surface area (Å²) in [6.45, 7) is 1.94. The van der Waals surface area contributed by atoms with E-state index in [-0.39, 0.29) is 6.10 Å². The van der Waals surface area contributed by atoms with Gasteiger partial charge < -0.3 is 9.30 Å². The lowest BCUT2D eigenvalue weighted by molar-refractivity contribution is 0.108. The fourth-order valence-corrected chi connectivity index (χ4v) is 5.01. The maximum atomic E-state index is 12.3. The molecule has 6 rings (SSSR count). The van der Waals surface area contributed by atoms with Crippen LogP contribution < -0.4 is 5.32 Å². The molecule has 2 saturated carbocycles. The summed E-state index contributed by atoms with van der Waals surface area (Å²) in [5.74, 6) is 1.16. The lowest BCUT2D eigenvalue weighted by atomic mass is 9.92. The van der Waals surface area contributed by atoms with E-state index in [0.29, 0.717) is 29.0 Å². The minimum atomic E-state index is -0.431. The molecule has 2 aliphatic rings. The highest BCUT2D eigenvalue weighted by Crippen LogP contribution is 2.43. The summed E-state index contributed by atoms with van der Waals surface area (Å²) in [7, 11) is 0. The van der Waals surface area contributed by atoms with E-state index in [1.165, 1.54) is 6.42 Å². The van der Waals surface area contributed by atoms with Crippen LogP contribution in [0.4, 0.5) is 10.5 Å². The van der Waals surface area contributed by atoms with Crippen LogP contribution in [0.3, 0.4) is 0 Å². The van der Waals surface area contributed by atoms with E-state index < -0.39 is 6.09 Å². The van der Waals surface area contributed by atoms with Gasteiger partial charge in [-0.15, -0.1) is 0 Å². The number of amides is 1. The minimum absolute atomic E-state index is 0.0631. The normalized spacial score (nSPS) is 16.2. The molecular formula is C29H27N5O2. The number of nitrogens with zero attached hydrogens (tertiary/aromatic N) is 4. The van der Waals surface area contributed by atoms with Crippen molar-refractivity contribution in [3.63, 3.8) is 0 Å². The Bertz CT molecular complexity index is 1460. The Balaban J connectivity index is 1.37. The molecule has 7 heteroatoms. The number of nitrogens with one attached hydrogen (secondary N) is 1. The van der Waals surface area contributed by atoms with Gasteiger partial charge in [0.15, 0.2) is 5.82 Å². The molecule has 1 amide bonds. The summed E-state index contributed by atoms with van der Waals surface area (Å²) in [5.41, 5.74) is 5.14. The van der Waals surface area contributed by atoms with Crippen LogP contribution in [-0.2, 0) is 4.74 Å². The van der Waals surface area contributed by atoms with E-state index in [4.69, 9.17) is 4.74 Å². The molecule has 0 saturated heterocycles. The number of anilines is 1. The Morgan fingerprint density at radius 3 is 2.44 bits per heavy atom. The average molecular weight is 478 g/mol. The Kier molecular flexibility index (Phi) is 5.65. The van der Waals surface area contributed by atoms with Crippen molar-refractivity contribution in [3.8, 4) is 28.7 Å². The quantitative estimate of drug-likeness (QED) is 0.333. The molecule has 36 heavy (non-hydrogen) atoms. The molecule has 180 valence electrons. The van der Waals surface area contributed by atoms with Crippen molar-refractivity contribution in [1.82, 2.24) is 14.5 Å². The van der Waals surface area contributed by atoms with Crippen LogP contribution >= 0.6 is 0 Å². The van der Waals surface area contributed by atoms with Crippen molar-refractivity contribution in [3.05, 3.63) is 66.5 Å².